The molecule has 3 N–H and O–H groups in total. The number of halogens is 2. The summed E-state index contributed by atoms with van der Waals surface area (Å²) in [7, 11) is 1.44. The number of ether oxygens (including phenoxy) is 1. The van der Waals surface area contributed by atoms with Crippen molar-refractivity contribution >= 4 is 35.6 Å². The maximum absolute atomic E-state index is 11.3. The average molecular weight is 250 g/mol. The summed E-state index contributed by atoms with van der Waals surface area (Å²) in [5, 5.41) is 7.11. The van der Waals surface area contributed by atoms with Gasteiger partial charge in [0, 0.05) is 12.3 Å². The molecule has 0 saturated carbocycles. The molecule has 0 aliphatic heterocycles. The van der Waals surface area contributed by atoms with Gasteiger partial charge in [-0.1, -0.05) is 11.6 Å². The topological polar surface area (TPSA) is 89.1 Å². The molecule has 0 aliphatic carbocycles. The van der Waals surface area contributed by atoms with Crippen LogP contribution in [0.2, 0.25) is 5.02 Å². The fourth-order valence-electron chi connectivity index (χ4n) is 0.837. The van der Waals surface area contributed by atoms with Crippen molar-refractivity contribution in [2.45, 2.75) is 0 Å². The molecule has 1 aromatic heterocycles. The first-order valence-electron chi connectivity index (χ1n) is 3.64. The molecule has 1 heterocycles. The lowest BCUT2D eigenvalue weighted by Gasteiger charge is -2.03. The third-order valence-corrected chi connectivity index (χ3v) is 1.84. The molecule has 0 aliphatic rings. The summed E-state index contributed by atoms with van der Waals surface area (Å²) in [4.78, 5) is 15.0. The van der Waals surface area contributed by atoms with Crippen LogP contribution in [0.4, 0.5) is 0 Å². The minimum atomic E-state index is -0.648. The van der Waals surface area contributed by atoms with E-state index in [-0.39, 0.29) is 23.0 Å². The lowest BCUT2D eigenvalue weighted by atomic mass is 10.2. The van der Waals surface area contributed by atoms with Crippen LogP contribution >= 0.6 is 24.0 Å². The van der Waals surface area contributed by atoms with Crippen molar-refractivity contribution in [1.29, 1.82) is 5.41 Å². The Morgan fingerprint density at radius 3 is 2.67 bits per heavy atom. The van der Waals surface area contributed by atoms with Crippen LogP contribution in [0.15, 0.2) is 12.3 Å². The Labute approximate surface area is 97.5 Å². The molecule has 0 radical (unpaired) electrons. The summed E-state index contributed by atoms with van der Waals surface area (Å²) in [5.74, 6) is -0.917. The van der Waals surface area contributed by atoms with Gasteiger partial charge in [-0.15, -0.1) is 12.4 Å². The minimum Gasteiger partial charge on any atom is -0.481 e. The minimum absolute atomic E-state index is 0. The Morgan fingerprint density at radius 1 is 1.67 bits per heavy atom. The van der Waals surface area contributed by atoms with Gasteiger partial charge in [-0.05, 0) is 0 Å². The molecule has 15 heavy (non-hydrogen) atoms. The number of nitrogens with zero attached hydrogens (tertiary/aromatic N) is 1. The molecule has 0 fully saturated rings. The monoisotopic (exact) mass is 249 g/mol. The highest BCUT2D eigenvalue weighted by molar-refractivity contribution is 6.47. The van der Waals surface area contributed by atoms with Crippen molar-refractivity contribution < 1.29 is 9.53 Å². The second-order valence-corrected chi connectivity index (χ2v) is 2.86. The van der Waals surface area contributed by atoms with E-state index in [9.17, 15) is 4.79 Å². The van der Waals surface area contributed by atoms with Crippen LogP contribution in [-0.4, -0.2) is 23.7 Å². The first-order valence-corrected chi connectivity index (χ1v) is 4.02. The largest absolute Gasteiger partial charge is 0.481 e. The summed E-state index contributed by atoms with van der Waals surface area (Å²) in [6.07, 6.45) is 1.23. The van der Waals surface area contributed by atoms with E-state index in [4.69, 9.17) is 27.5 Å². The van der Waals surface area contributed by atoms with Gasteiger partial charge in [-0.3, -0.25) is 10.2 Å². The zero-order chi connectivity index (χ0) is 10.7. The van der Waals surface area contributed by atoms with E-state index in [1.54, 1.807) is 0 Å². The molecule has 0 aromatic carbocycles. The Kier molecular flexibility index (Phi) is 5.04. The van der Waals surface area contributed by atoms with Crippen LogP contribution in [0.3, 0.4) is 0 Å². The molecule has 5 nitrogen and oxygen atoms in total. The number of Topliss-reactive ketones (excluding diaryl/α,β-unsaturated/α-hetero) is 1. The zero-order valence-electron chi connectivity index (χ0n) is 7.78. The number of aromatic nitrogens is 1. The maximum Gasteiger partial charge on any atom is 0.230 e. The fraction of sp³-hybridized carbons (Fsp3) is 0.125. The SMILES string of the molecule is COc1cc(Cl)c(C(=O)C(=N)N)cn1.Cl. The van der Waals surface area contributed by atoms with E-state index in [2.05, 4.69) is 4.98 Å². The number of nitrogens with two attached hydrogens (primary N) is 1. The number of carbonyl (C=O) groups is 1. The van der Waals surface area contributed by atoms with E-state index in [0.29, 0.717) is 5.88 Å². The van der Waals surface area contributed by atoms with Gasteiger partial charge in [0.05, 0.1) is 17.7 Å². The van der Waals surface area contributed by atoms with Crippen molar-refractivity contribution in [1.82, 2.24) is 4.98 Å². The highest BCUT2D eigenvalue weighted by Crippen LogP contribution is 2.19. The third-order valence-electron chi connectivity index (χ3n) is 1.53. The maximum atomic E-state index is 11.3. The van der Waals surface area contributed by atoms with E-state index in [0.717, 1.165) is 0 Å². The molecule has 0 amide bonds. The van der Waals surface area contributed by atoms with Gasteiger partial charge < -0.3 is 10.5 Å². The summed E-state index contributed by atoms with van der Waals surface area (Å²) in [6, 6.07) is 1.39. The number of carbonyl (C=O) groups excluding carboxylic acids is 1. The normalized spacial score (nSPS) is 8.93. The average Bonchev–Trinajstić information content (AvgIpc) is 2.16. The molecule has 82 valence electrons. The van der Waals surface area contributed by atoms with Gasteiger partial charge in [0.1, 0.15) is 0 Å². The van der Waals surface area contributed by atoms with E-state index in [1.165, 1.54) is 19.4 Å². The smallest absolute Gasteiger partial charge is 0.230 e. The molecular weight excluding hydrogens is 241 g/mol. The number of nitrogens with one attached hydrogen (secondary N) is 1. The lowest BCUT2D eigenvalue weighted by molar-refractivity contribution is 0.106. The van der Waals surface area contributed by atoms with Crippen LogP contribution in [0, 0.1) is 5.41 Å². The molecule has 0 bridgehead atoms. The number of methoxy groups -OCH3 is 1. The van der Waals surface area contributed by atoms with E-state index >= 15 is 0 Å². The first-order chi connectivity index (χ1) is 6.56. The lowest BCUT2D eigenvalue weighted by Crippen LogP contribution is -2.22. The Morgan fingerprint density at radius 2 is 2.27 bits per heavy atom. The second kappa shape index (κ2) is 5.53. The van der Waals surface area contributed by atoms with E-state index in [1.807, 2.05) is 0 Å². The highest BCUT2D eigenvalue weighted by Gasteiger charge is 2.14. The number of amidine groups is 1. The van der Waals surface area contributed by atoms with Crippen molar-refractivity contribution in [3.8, 4) is 5.88 Å². The second-order valence-electron chi connectivity index (χ2n) is 2.45. The Bertz CT molecular complexity index is 395. The quantitative estimate of drug-likeness (QED) is 0.480. The molecule has 7 heteroatoms. The van der Waals surface area contributed by atoms with Gasteiger partial charge >= 0.3 is 0 Å². The van der Waals surface area contributed by atoms with Crippen molar-refractivity contribution in [2.75, 3.05) is 7.11 Å². The molecule has 0 saturated heterocycles. The van der Waals surface area contributed by atoms with Crippen LogP contribution < -0.4 is 10.5 Å². The van der Waals surface area contributed by atoms with Crippen molar-refractivity contribution in [3.63, 3.8) is 0 Å². The molecular formula is C8H9Cl2N3O2. The summed E-state index contributed by atoms with van der Waals surface area (Å²) >= 11 is 5.75. The van der Waals surface area contributed by atoms with E-state index < -0.39 is 11.6 Å². The number of hydrogen-bond donors (Lipinski definition) is 2. The Balaban J connectivity index is 0.00000196. The van der Waals surface area contributed by atoms with Gasteiger partial charge in [-0.2, -0.15) is 0 Å². The summed E-state index contributed by atoms with van der Waals surface area (Å²) in [5.41, 5.74) is 5.12. The van der Waals surface area contributed by atoms with Gasteiger partial charge in [-0.25, -0.2) is 4.98 Å². The predicted molar refractivity (Wildman–Crippen MR) is 59.3 cm³/mol. The van der Waals surface area contributed by atoms with Crippen LogP contribution in [0.1, 0.15) is 10.4 Å². The number of ketones is 1. The van der Waals surface area contributed by atoms with Crippen molar-refractivity contribution in [2.24, 2.45) is 5.73 Å². The van der Waals surface area contributed by atoms with Crippen LogP contribution in [0.5, 0.6) is 5.88 Å². The molecule has 1 aromatic rings. The summed E-state index contributed by atoms with van der Waals surface area (Å²) < 4.78 is 4.80. The number of rotatable bonds is 3. The number of pyridine rings is 1. The Hall–Kier alpha value is -1.33. The predicted octanol–water partition coefficient (Wildman–Crippen LogP) is 1.28. The molecule has 1 rings (SSSR count). The van der Waals surface area contributed by atoms with Gasteiger partial charge in [0.25, 0.3) is 0 Å². The van der Waals surface area contributed by atoms with Crippen molar-refractivity contribution in [3.05, 3.63) is 22.8 Å². The van der Waals surface area contributed by atoms with Crippen LogP contribution in [-0.2, 0) is 0 Å². The van der Waals surface area contributed by atoms with Crippen LogP contribution in [0.25, 0.3) is 0 Å². The standard InChI is InChI=1S/C8H8ClN3O2.ClH/c1-14-6-2-5(9)4(3-12-6)7(13)8(10)11;/h2-3H,1H3,(H3,10,11);1H. The molecule has 0 atom stereocenters. The fourth-order valence-corrected chi connectivity index (χ4v) is 1.07. The molecule has 0 spiro atoms. The number of hydrogen-bond acceptors (Lipinski definition) is 4. The summed E-state index contributed by atoms with van der Waals surface area (Å²) in [6.45, 7) is 0. The third kappa shape index (κ3) is 3.07. The van der Waals surface area contributed by atoms with Gasteiger partial charge in [0.15, 0.2) is 5.84 Å². The molecule has 0 unspecified atom stereocenters. The van der Waals surface area contributed by atoms with Gasteiger partial charge in [0.2, 0.25) is 11.7 Å². The highest BCUT2D eigenvalue weighted by atomic mass is 35.5. The zero-order valence-corrected chi connectivity index (χ0v) is 9.35. The first kappa shape index (κ1) is 13.7.